The van der Waals surface area contributed by atoms with Crippen molar-refractivity contribution in [2.24, 2.45) is 16.3 Å². The maximum absolute atomic E-state index is 5.65. The van der Waals surface area contributed by atoms with Crippen LogP contribution in [0.5, 0.6) is 0 Å². The second kappa shape index (κ2) is 12.3. The van der Waals surface area contributed by atoms with Crippen molar-refractivity contribution in [2.75, 3.05) is 46.6 Å². The number of guanidine groups is 1. The molecule has 0 saturated heterocycles. The summed E-state index contributed by atoms with van der Waals surface area (Å²) in [7, 11) is 1.84. The van der Waals surface area contributed by atoms with Gasteiger partial charge in [0.15, 0.2) is 5.96 Å². The number of rotatable bonds is 11. The molecule has 5 nitrogen and oxygen atoms in total. The molecule has 2 saturated carbocycles. The molecule has 6 heteroatoms. The first kappa shape index (κ1) is 22.0. The topological polar surface area (TPSA) is 54.9 Å². The molecule has 0 unspecified atom stereocenters. The summed E-state index contributed by atoms with van der Waals surface area (Å²) >= 11 is 0. The normalized spacial score (nSPS) is 19.8. The molecule has 0 bridgehead atoms. The summed E-state index contributed by atoms with van der Waals surface area (Å²) in [5.74, 6) is 1.72. The van der Waals surface area contributed by atoms with Gasteiger partial charge in [-0.25, -0.2) is 0 Å². The standard InChI is InChI=1S/C18H35N3O2.HI/c1-3-22-12-10-18(8-4-5-9-18)15-21-17(19-2)20-11-13-23-14-16-6-7-16;/h16H,3-15H2,1-2H3,(H2,19,20,21);1H. The van der Waals surface area contributed by atoms with Gasteiger partial charge in [-0.2, -0.15) is 0 Å². The molecule has 0 amide bonds. The van der Waals surface area contributed by atoms with Crippen LogP contribution in [0.15, 0.2) is 4.99 Å². The molecule has 2 aliphatic carbocycles. The van der Waals surface area contributed by atoms with Crippen LogP contribution in [0, 0.1) is 11.3 Å². The molecule has 2 rings (SSSR count). The van der Waals surface area contributed by atoms with E-state index in [9.17, 15) is 0 Å². The van der Waals surface area contributed by atoms with Crippen molar-refractivity contribution in [1.82, 2.24) is 10.6 Å². The average molecular weight is 453 g/mol. The van der Waals surface area contributed by atoms with Gasteiger partial charge in [0.1, 0.15) is 0 Å². The van der Waals surface area contributed by atoms with Gasteiger partial charge < -0.3 is 20.1 Å². The van der Waals surface area contributed by atoms with Crippen molar-refractivity contribution in [3.05, 3.63) is 0 Å². The van der Waals surface area contributed by atoms with Gasteiger partial charge in [0, 0.05) is 40.0 Å². The van der Waals surface area contributed by atoms with E-state index in [0.717, 1.165) is 57.8 Å². The number of hydrogen-bond acceptors (Lipinski definition) is 3. The van der Waals surface area contributed by atoms with Gasteiger partial charge in [-0.05, 0) is 50.4 Å². The Kier molecular flexibility index (Phi) is 11.3. The van der Waals surface area contributed by atoms with E-state index in [1.165, 1.54) is 38.5 Å². The van der Waals surface area contributed by atoms with E-state index in [1.54, 1.807) is 0 Å². The summed E-state index contributed by atoms with van der Waals surface area (Å²) in [4.78, 5) is 4.33. The summed E-state index contributed by atoms with van der Waals surface area (Å²) in [5.41, 5.74) is 0.384. The second-order valence-electron chi connectivity index (χ2n) is 7.02. The number of ether oxygens (including phenoxy) is 2. The first-order valence-electron chi connectivity index (χ1n) is 9.38. The minimum atomic E-state index is 0. The molecule has 24 heavy (non-hydrogen) atoms. The fourth-order valence-corrected chi connectivity index (χ4v) is 3.34. The highest BCUT2D eigenvalue weighted by molar-refractivity contribution is 14.0. The third-order valence-electron chi connectivity index (χ3n) is 5.09. The molecule has 2 N–H and O–H groups in total. The van der Waals surface area contributed by atoms with Gasteiger partial charge >= 0.3 is 0 Å². The van der Waals surface area contributed by atoms with E-state index in [0.29, 0.717) is 5.41 Å². The first-order valence-corrected chi connectivity index (χ1v) is 9.38. The molecule has 0 aromatic heterocycles. The van der Waals surface area contributed by atoms with Gasteiger partial charge in [-0.15, -0.1) is 24.0 Å². The van der Waals surface area contributed by atoms with E-state index < -0.39 is 0 Å². The summed E-state index contributed by atoms with van der Waals surface area (Å²) in [6, 6.07) is 0. The van der Waals surface area contributed by atoms with E-state index >= 15 is 0 Å². The van der Waals surface area contributed by atoms with E-state index in [2.05, 4.69) is 22.5 Å². The Morgan fingerprint density at radius 1 is 1.12 bits per heavy atom. The summed E-state index contributed by atoms with van der Waals surface area (Å²) in [6.45, 7) is 7.24. The number of hydrogen-bond donors (Lipinski definition) is 2. The molecule has 0 spiro atoms. The number of aliphatic imine (C=N–C) groups is 1. The van der Waals surface area contributed by atoms with Crippen molar-refractivity contribution in [1.29, 1.82) is 0 Å². The zero-order valence-electron chi connectivity index (χ0n) is 15.4. The Labute approximate surface area is 164 Å². The molecule has 0 heterocycles. The summed E-state index contributed by atoms with van der Waals surface area (Å²) in [5, 5.41) is 6.87. The lowest BCUT2D eigenvalue weighted by atomic mass is 9.83. The smallest absolute Gasteiger partial charge is 0.191 e. The van der Waals surface area contributed by atoms with E-state index in [1.807, 2.05) is 7.05 Å². The highest BCUT2D eigenvalue weighted by Gasteiger charge is 2.33. The molecule has 142 valence electrons. The van der Waals surface area contributed by atoms with Crippen LogP contribution in [-0.4, -0.2) is 52.5 Å². The molecule has 0 radical (unpaired) electrons. The van der Waals surface area contributed by atoms with E-state index in [4.69, 9.17) is 9.47 Å². The van der Waals surface area contributed by atoms with Crippen LogP contribution in [0.25, 0.3) is 0 Å². The van der Waals surface area contributed by atoms with Crippen LogP contribution in [0.1, 0.15) is 51.9 Å². The van der Waals surface area contributed by atoms with Gasteiger partial charge in [-0.3, -0.25) is 4.99 Å². The van der Waals surface area contributed by atoms with Gasteiger partial charge in [0.05, 0.1) is 6.61 Å². The Bertz CT molecular complexity index is 356. The first-order chi connectivity index (χ1) is 11.3. The van der Waals surface area contributed by atoms with Crippen LogP contribution in [-0.2, 0) is 9.47 Å². The van der Waals surface area contributed by atoms with Crippen molar-refractivity contribution in [3.63, 3.8) is 0 Å². The third-order valence-corrected chi connectivity index (χ3v) is 5.09. The number of halogens is 1. The Balaban J connectivity index is 0.00000288. The van der Waals surface area contributed by atoms with Crippen molar-refractivity contribution in [3.8, 4) is 0 Å². The third kappa shape index (κ3) is 8.34. The molecular formula is C18H36IN3O2. The predicted molar refractivity (Wildman–Crippen MR) is 110 cm³/mol. The highest BCUT2D eigenvalue weighted by atomic mass is 127. The SMILES string of the molecule is CCOCCC1(CNC(=NC)NCCOCC2CC2)CCCC1.I. The molecule has 2 aliphatic rings. The predicted octanol–water partition coefficient (Wildman–Crippen LogP) is 3.18. The van der Waals surface area contributed by atoms with E-state index in [-0.39, 0.29) is 24.0 Å². The lowest BCUT2D eigenvalue weighted by Gasteiger charge is -2.30. The van der Waals surface area contributed by atoms with Crippen LogP contribution < -0.4 is 10.6 Å². The Hall–Kier alpha value is -0.0800. The Morgan fingerprint density at radius 2 is 1.88 bits per heavy atom. The minimum Gasteiger partial charge on any atom is -0.382 e. The fourth-order valence-electron chi connectivity index (χ4n) is 3.34. The summed E-state index contributed by atoms with van der Waals surface area (Å²) < 4.78 is 11.2. The monoisotopic (exact) mass is 453 g/mol. The zero-order chi connectivity index (χ0) is 16.4. The molecule has 0 aromatic rings. The molecule has 0 aromatic carbocycles. The van der Waals surface area contributed by atoms with Gasteiger partial charge in [0.25, 0.3) is 0 Å². The fraction of sp³-hybridized carbons (Fsp3) is 0.944. The number of nitrogens with zero attached hydrogens (tertiary/aromatic N) is 1. The maximum atomic E-state index is 5.65. The van der Waals surface area contributed by atoms with Crippen molar-refractivity contribution < 1.29 is 9.47 Å². The average Bonchev–Trinajstić information content (AvgIpc) is 3.28. The van der Waals surface area contributed by atoms with Crippen LogP contribution in [0.2, 0.25) is 0 Å². The van der Waals surface area contributed by atoms with Crippen molar-refractivity contribution in [2.45, 2.75) is 51.9 Å². The van der Waals surface area contributed by atoms with Crippen LogP contribution >= 0.6 is 24.0 Å². The molecule has 0 atom stereocenters. The summed E-state index contributed by atoms with van der Waals surface area (Å²) in [6.07, 6.45) is 9.13. The van der Waals surface area contributed by atoms with Crippen LogP contribution in [0.4, 0.5) is 0 Å². The largest absolute Gasteiger partial charge is 0.382 e. The molecular weight excluding hydrogens is 417 g/mol. The van der Waals surface area contributed by atoms with Crippen molar-refractivity contribution >= 4 is 29.9 Å². The lowest BCUT2D eigenvalue weighted by molar-refractivity contribution is 0.105. The highest BCUT2D eigenvalue weighted by Crippen LogP contribution is 2.40. The lowest BCUT2D eigenvalue weighted by Crippen LogP contribution is -2.44. The molecule has 2 fully saturated rings. The quantitative estimate of drug-likeness (QED) is 0.218. The van der Waals surface area contributed by atoms with Gasteiger partial charge in [0.2, 0.25) is 0 Å². The molecule has 0 aliphatic heterocycles. The number of nitrogens with one attached hydrogen (secondary N) is 2. The maximum Gasteiger partial charge on any atom is 0.191 e. The Morgan fingerprint density at radius 3 is 2.50 bits per heavy atom. The van der Waals surface area contributed by atoms with Gasteiger partial charge in [-0.1, -0.05) is 12.8 Å². The minimum absolute atomic E-state index is 0. The van der Waals surface area contributed by atoms with Crippen LogP contribution in [0.3, 0.4) is 0 Å². The second-order valence-corrected chi connectivity index (χ2v) is 7.02. The zero-order valence-corrected chi connectivity index (χ0v) is 17.8.